The van der Waals surface area contributed by atoms with Gasteiger partial charge >= 0.3 is 0 Å². The van der Waals surface area contributed by atoms with E-state index in [1.165, 1.54) is 0 Å². The van der Waals surface area contributed by atoms with Gasteiger partial charge in [-0.15, -0.1) is 0 Å². The molecule has 0 saturated carbocycles. The minimum atomic E-state index is -0.159. The van der Waals surface area contributed by atoms with Crippen LogP contribution in [-0.4, -0.2) is 23.4 Å². The molecule has 1 fully saturated rings. The molecule has 0 spiro atoms. The summed E-state index contributed by atoms with van der Waals surface area (Å²) in [6.07, 6.45) is 1.98. The smallest absolute Gasteiger partial charge is 0.243 e. The largest absolute Gasteiger partial charge is 0.381 e. The van der Waals surface area contributed by atoms with Gasteiger partial charge in [0.15, 0.2) is 5.82 Å². The van der Waals surface area contributed by atoms with E-state index in [9.17, 15) is 0 Å². The highest BCUT2D eigenvalue weighted by molar-refractivity contribution is 5.00. The van der Waals surface area contributed by atoms with E-state index in [4.69, 9.17) is 15.0 Å². The SMILES string of the molecule is CCC(C)C(N)c1nc(C2CCOC2)no1. The minimum Gasteiger partial charge on any atom is -0.381 e. The lowest BCUT2D eigenvalue weighted by Gasteiger charge is -2.13. The topological polar surface area (TPSA) is 74.2 Å². The maximum Gasteiger partial charge on any atom is 0.243 e. The summed E-state index contributed by atoms with van der Waals surface area (Å²) in [7, 11) is 0. The van der Waals surface area contributed by atoms with E-state index in [1.807, 2.05) is 0 Å². The summed E-state index contributed by atoms with van der Waals surface area (Å²) >= 11 is 0. The van der Waals surface area contributed by atoms with Gasteiger partial charge in [-0.3, -0.25) is 0 Å². The molecule has 1 aromatic heterocycles. The van der Waals surface area contributed by atoms with Gasteiger partial charge in [-0.05, 0) is 12.3 Å². The third-order valence-corrected chi connectivity index (χ3v) is 3.29. The van der Waals surface area contributed by atoms with Crippen molar-refractivity contribution >= 4 is 0 Å². The average Bonchev–Trinajstić information content (AvgIpc) is 2.96. The summed E-state index contributed by atoms with van der Waals surface area (Å²) in [5.41, 5.74) is 6.03. The van der Waals surface area contributed by atoms with Crippen LogP contribution in [0, 0.1) is 5.92 Å². The van der Waals surface area contributed by atoms with Gasteiger partial charge < -0.3 is 15.0 Å². The molecule has 0 aliphatic carbocycles. The zero-order chi connectivity index (χ0) is 11.5. The van der Waals surface area contributed by atoms with Gasteiger partial charge in [-0.25, -0.2) is 0 Å². The molecule has 90 valence electrons. The minimum absolute atomic E-state index is 0.159. The standard InChI is InChI=1S/C11H19N3O2/c1-3-7(2)9(12)11-13-10(14-16-11)8-4-5-15-6-8/h7-9H,3-6,12H2,1-2H3. The lowest BCUT2D eigenvalue weighted by Crippen LogP contribution is -2.19. The molecule has 0 aromatic carbocycles. The quantitative estimate of drug-likeness (QED) is 0.842. The van der Waals surface area contributed by atoms with Gasteiger partial charge in [0, 0.05) is 12.5 Å². The molecule has 0 bridgehead atoms. The fourth-order valence-electron chi connectivity index (χ4n) is 1.78. The molecule has 2 rings (SSSR count). The van der Waals surface area contributed by atoms with E-state index in [1.54, 1.807) is 0 Å². The summed E-state index contributed by atoms with van der Waals surface area (Å²) in [6.45, 7) is 5.67. The van der Waals surface area contributed by atoms with Crippen LogP contribution in [0.15, 0.2) is 4.52 Å². The van der Waals surface area contributed by atoms with Crippen LogP contribution >= 0.6 is 0 Å². The molecule has 1 aliphatic heterocycles. The van der Waals surface area contributed by atoms with Gasteiger partial charge in [-0.2, -0.15) is 4.98 Å². The second-order valence-corrected chi connectivity index (χ2v) is 4.46. The van der Waals surface area contributed by atoms with Crippen molar-refractivity contribution in [2.75, 3.05) is 13.2 Å². The lowest BCUT2D eigenvalue weighted by molar-refractivity contribution is 0.192. The Balaban J connectivity index is 2.06. The molecule has 0 amide bonds. The molecule has 3 atom stereocenters. The third-order valence-electron chi connectivity index (χ3n) is 3.29. The zero-order valence-corrected chi connectivity index (χ0v) is 9.85. The maximum atomic E-state index is 6.03. The van der Waals surface area contributed by atoms with Gasteiger partial charge in [0.1, 0.15) is 0 Å². The highest BCUT2D eigenvalue weighted by Gasteiger charge is 2.26. The average molecular weight is 225 g/mol. The molecule has 5 nitrogen and oxygen atoms in total. The summed E-state index contributed by atoms with van der Waals surface area (Å²) < 4.78 is 10.5. The van der Waals surface area contributed by atoms with Crippen molar-refractivity contribution in [3.63, 3.8) is 0 Å². The maximum absolute atomic E-state index is 6.03. The number of hydrogen-bond acceptors (Lipinski definition) is 5. The Bertz CT molecular complexity index is 334. The van der Waals surface area contributed by atoms with Crippen LogP contribution in [-0.2, 0) is 4.74 Å². The van der Waals surface area contributed by atoms with Gasteiger partial charge in [0.05, 0.1) is 12.6 Å². The Morgan fingerprint density at radius 2 is 2.38 bits per heavy atom. The van der Waals surface area contributed by atoms with E-state index < -0.39 is 0 Å². The lowest BCUT2D eigenvalue weighted by atomic mass is 10.0. The van der Waals surface area contributed by atoms with Crippen molar-refractivity contribution in [1.29, 1.82) is 0 Å². The third kappa shape index (κ3) is 2.25. The Morgan fingerprint density at radius 3 is 3.00 bits per heavy atom. The number of rotatable bonds is 4. The number of aromatic nitrogens is 2. The number of hydrogen-bond donors (Lipinski definition) is 1. The zero-order valence-electron chi connectivity index (χ0n) is 9.85. The van der Waals surface area contributed by atoms with Crippen LogP contribution in [0.3, 0.4) is 0 Å². The monoisotopic (exact) mass is 225 g/mol. The fourth-order valence-corrected chi connectivity index (χ4v) is 1.78. The number of nitrogens with two attached hydrogens (primary N) is 1. The first-order valence-electron chi connectivity index (χ1n) is 5.89. The summed E-state index contributed by atoms with van der Waals surface area (Å²) in [4.78, 5) is 4.38. The molecule has 2 N–H and O–H groups in total. The second-order valence-electron chi connectivity index (χ2n) is 4.46. The molecule has 1 aliphatic rings. The van der Waals surface area contributed by atoms with Crippen molar-refractivity contribution in [3.8, 4) is 0 Å². The molecule has 0 radical (unpaired) electrons. The molecular formula is C11H19N3O2. The Morgan fingerprint density at radius 1 is 1.56 bits per heavy atom. The Hall–Kier alpha value is -0.940. The van der Waals surface area contributed by atoms with Crippen molar-refractivity contribution in [1.82, 2.24) is 10.1 Å². The number of nitrogens with zero attached hydrogens (tertiary/aromatic N) is 2. The summed E-state index contributed by atoms with van der Waals surface area (Å²) in [5, 5.41) is 3.99. The highest BCUT2D eigenvalue weighted by Crippen LogP contribution is 2.25. The number of ether oxygens (including phenoxy) is 1. The normalized spacial score (nSPS) is 24.6. The Labute approximate surface area is 95.3 Å². The molecule has 2 heterocycles. The van der Waals surface area contributed by atoms with Crippen LogP contribution in [0.4, 0.5) is 0 Å². The fraction of sp³-hybridized carbons (Fsp3) is 0.818. The van der Waals surface area contributed by atoms with Crippen molar-refractivity contribution in [2.45, 2.75) is 38.6 Å². The van der Waals surface area contributed by atoms with Crippen LogP contribution in [0.2, 0.25) is 0 Å². The molecule has 3 unspecified atom stereocenters. The second kappa shape index (κ2) is 4.93. The molecule has 16 heavy (non-hydrogen) atoms. The first-order valence-corrected chi connectivity index (χ1v) is 5.89. The van der Waals surface area contributed by atoms with E-state index in [0.29, 0.717) is 18.4 Å². The van der Waals surface area contributed by atoms with Crippen LogP contribution in [0.1, 0.15) is 50.4 Å². The molecule has 1 saturated heterocycles. The summed E-state index contributed by atoms with van der Waals surface area (Å²) in [5.74, 6) is 1.93. The predicted molar refractivity (Wildman–Crippen MR) is 58.9 cm³/mol. The van der Waals surface area contributed by atoms with E-state index >= 15 is 0 Å². The molecular weight excluding hydrogens is 206 g/mol. The Kier molecular flexibility index (Phi) is 3.56. The van der Waals surface area contributed by atoms with Crippen LogP contribution < -0.4 is 5.73 Å². The van der Waals surface area contributed by atoms with Gasteiger partial charge in [-0.1, -0.05) is 25.4 Å². The summed E-state index contributed by atoms with van der Waals surface area (Å²) in [6, 6.07) is -0.159. The van der Waals surface area contributed by atoms with Crippen molar-refractivity contribution in [2.24, 2.45) is 11.7 Å². The van der Waals surface area contributed by atoms with Gasteiger partial charge in [0.2, 0.25) is 5.89 Å². The van der Waals surface area contributed by atoms with E-state index in [0.717, 1.165) is 25.3 Å². The van der Waals surface area contributed by atoms with E-state index in [-0.39, 0.29) is 12.0 Å². The first-order chi connectivity index (χ1) is 7.72. The van der Waals surface area contributed by atoms with Gasteiger partial charge in [0.25, 0.3) is 0 Å². The van der Waals surface area contributed by atoms with Crippen LogP contribution in [0.5, 0.6) is 0 Å². The van der Waals surface area contributed by atoms with Crippen molar-refractivity contribution < 1.29 is 9.26 Å². The van der Waals surface area contributed by atoms with Crippen LogP contribution in [0.25, 0.3) is 0 Å². The highest BCUT2D eigenvalue weighted by atomic mass is 16.5. The van der Waals surface area contributed by atoms with E-state index in [2.05, 4.69) is 24.0 Å². The predicted octanol–water partition coefficient (Wildman–Crippen LogP) is 1.62. The molecule has 1 aromatic rings. The van der Waals surface area contributed by atoms with Crippen molar-refractivity contribution in [3.05, 3.63) is 11.7 Å². The molecule has 5 heteroatoms. The first kappa shape index (κ1) is 11.5.